The third-order valence-electron chi connectivity index (χ3n) is 3.01. The highest BCUT2D eigenvalue weighted by Gasteiger charge is 2.43. The highest BCUT2D eigenvalue weighted by atomic mass is 32.2. The van der Waals surface area contributed by atoms with Gasteiger partial charge in [0, 0.05) is 13.0 Å². The highest BCUT2D eigenvalue weighted by molar-refractivity contribution is 7.89. The van der Waals surface area contributed by atoms with Crippen molar-refractivity contribution in [3.63, 3.8) is 0 Å². The molecule has 3 N–H and O–H groups in total. The van der Waals surface area contributed by atoms with E-state index < -0.39 is 10.0 Å². The van der Waals surface area contributed by atoms with Crippen LogP contribution in [0.15, 0.2) is 29.2 Å². The van der Waals surface area contributed by atoms with E-state index in [0.29, 0.717) is 0 Å². The third kappa shape index (κ3) is 2.48. The number of rotatable bonds is 3. The molecule has 92 valence electrons. The van der Waals surface area contributed by atoms with Crippen LogP contribution < -0.4 is 10.5 Å². The summed E-state index contributed by atoms with van der Waals surface area (Å²) < 4.78 is 22.1. The van der Waals surface area contributed by atoms with Crippen molar-refractivity contribution >= 4 is 15.9 Å². The molecule has 2 rings (SSSR count). The molecule has 1 aromatic carbocycles. The smallest absolute Gasteiger partial charge is 0.238 e. The molecule has 6 heteroatoms. The molecule has 1 aromatic rings. The predicted octanol–water partition coefficient (Wildman–Crippen LogP) is 0.183. The minimum absolute atomic E-state index is 0.0142. The van der Waals surface area contributed by atoms with Crippen molar-refractivity contribution in [2.45, 2.75) is 17.2 Å². The lowest BCUT2D eigenvalue weighted by Crippen LogP contribution is -2.20. The molecule has 0 heterocycles. The van der Waals surface area contributed by atoms with Crippen LogP contribution >= 0.6 is 0 Å². The van der Waals surface area contributed by atoms with Gasteiger partial charge in [0.2, 0.25) is 15.9 Å². The molecule has 0 saturated heterocycles. The van der Waals surface area contributed by atoms with E-state index in [4.69, 9.17) is 5.14 Å². The summed E-state index contributed by atoms with van der Waals surface area (Å²) in [6.45, 7) is 0. The maximum absolute atomic E-state index is 11.4. The number of carbonyl (C=O) groups excluding carboxylic acids is 1. The fourth-order valence-corrected chi connectivity index (χ4v) is 2.46. The fourth-order valence-electron chi connectivity index (χ4n) is 1.94. The molecule has 0 aliphatic heterocycles. The molecular weight excluding hydrogens is 240 g/mol. The molecule has 5 nitrogen and oxygen atoms in total. The van der Waals surface area contributed by atoms with Gasteiger partial charge in [0.1, 0.15) is 0 Å². The van der Waals surface area contributed by atoms with Gasteiger partial charge in [-0.25, -0.2) is 13.6 Å². The van der Waals surface area contributed by atoms with E-state index in [1.54, 1.807) is 19.2 Å². The second-order valence-corrected chi connectivity index (χ2v) is 5.74. The number of carbonyl (C=O) groups is 1. The fraction of sp³-hybridized carbons (Fsp3) is 0.364. The number of sulfonamides is 1. The van der Waals surface area contributed by atoms with Gasteiger partial charge in [-0.1, -0.05) is 12.1 Å². The Hall–Kier alpha value is -1.40. The van der Waals surface area contributed by atoms with E-state index in [1.165, 1.54) is 12.1 Å². The minimum Gasteiger partial charge on any atom is -0.359 e. The molecule has 1 saturated carbocycles. The molecule has 0 bridgehead atoms. The van der Waals surface area contributed by atoms with Crippen LogP contribution in [0.5, 0.6) is 0 Å². The topological polar surface area (TPSA) is 89.3 Å². The Morgan fingerprint density at radius 1 is 1.35 bits per heavy atom. The standard InChI is InChI=1S/C11H14N2O3S/c1-13-11(14)10-6-9(10)7-2-4-8(5-3-7)17(12,15)16/h2-5,9-10H,6H2,1H3,(H,13,14)(H2,12,15,16). The Kier molecular flexibility index (Phi) is 2.92. The Balaban J connectivity index is 2.14. The van der Waals surface area contributed by atoms with Crippen LogP contribution in [0.3, 0.4) is 0 Å². The van der Waals surface area contributed by atoms with E-state index in [-0.39, 0.29) is 22.6 Å². The quantitative estimate of drug-likeness (QED) is 0.806. The lowest BCUT2D eigenvalue weighted by molar-refractivity contribution is -0.121. The number of nitrogens with one attached hydrogen (secondary N) is 1. The van der Waals surface area contributed by atoms with Crippen LogP contribution in [-0.2, 0) is 14.8 Å². The Morgan fingerprint density at radius 2 is 1.94 bits per heavy atom. The Labute approximate surface area is 100 Å². The van der Waals surface area contributed by atoms with Gasteiger partial charge in [-0.05, 0) is 30.0 Å². The molecule has 17 heavy (non-hydrogen) atoms. The van der Waals surface area contributed by atoms with Crippen molar-refractivity contribution in [1.29, 1.82) is 0 Å². The van der Waals surface area contributed by atoms with Crippen molar-refractivity contribution in [1.82, 2.24) is 5.32 Å². The molecule has 0 radical (unpaired) electrons. The zero-order chi connectivity index (χ0) is 12.6. The van der Waals surface area contributed by atoms with Gasteiger partial charge < -0.3 is 5.32 Å². The number of primary sulfonamides is 1. The Morgan fingerprint density at radius 3 is 2.41 bits per heavy atom. The maximum atomic E-state index is 11.4. The van der Waals surface area contributed by atoms with Gasteiger partial charge in [0.05, 0.1) is 4.90 Å². The predicted molar refractivity (Wildman–Crippen MR) is 62.7 cm³/mol. The van der Waals surface area contributed by atoms with Crippen LogP contribution in [0.25, 0.3) is 0 Å². The van der Waals surface area contributed by atoms with Gasteiger partial charge in [0.25, 0.3) is 0 Å². The summed E-state index contributed by atoms with van der Waals surface area (Å²) in [5, 5.41) is 7.61. The number of amides is 1. The second kappa shape index (κ2) is 4.12. The first-order valence-corrected chi connectivity index (χ1v) is 6.82. The number of benzene rings is 1. The van der Waals surface area contributed by atoms with Gasteiger partial charge in [0.15, 0.2) is 0 Å². The second-order valence-electron chi connectivity index (χ2n) is 4.18. The summed E-state index contributed by atoms with van der Waals surface area (Å²) in [7, 11) is -2.03. The van der Waals surface area contributed by atoms with Gasteiger partial charge in [-0.15, -0.1) is 0 Å². The summed E-state index contributed by atoms with van der Waals surface area (Å²) in [6, 6.07) is 6.38. The van der Waals surface area contributed by atoms with E-state index in [0.717, 1.165) is 12.0 Å². The number of nitrogens with two attached hydrogens (primary N) is 1. The first-order chi connectivity index (χ1) is 7.93. The average Bonchev–Trinajstić information content (AvgIpc) is 3.07. The van der Waals surface area contributed by atoms with E-state index in [9.17, 15) is 13.2 Å². The van der Waals surface area contributed by atoms with Gasteiger partial charge in [-0.3, -0.25) is 4.79 Å². The van der Waals surface area contributed by atoms with Crippen molar-refractivity contribution in [2.75, 3.05) is 7.05 Å². The summed E-state index contributed by atoms with van der Waals surface area (Å²) >= 11 is 0. The van der Waals surface area contributed by atoms with Crippen LogP contribution in [0.1, 0.15) is 17.9 Å². The first kappa shape index (κ1) is 12.1. The number of hydrogen-bond acceptors (Lipinski definition) is 3. The minimum atomic E-state index is -3.64. The molecule has 2 atom stereocenters. The van der Waals surface area contributed by atoms with Crippen molar-refractivity contribution in [3.05, 3.63) is 29.8 Å². The zero-order valence-electron chi connectivity index (χ0n) is 9.38. The zero-order valence-corrected chi connectivity index (χ0v) is 10.2. The average molecular weight is 254 g/mol. The Bertz CT molecular complexity index is 536. The summed E-state index contributed by atoms with van der Waals surface area (Å²) in [5.74, 6) is 0.246. The van der Waals surface area contributed by atoms with Crippen molar-refractivity contribution < 1.29 is 13.2 Å². The molecule has 1 aliphatic rings. The monoisotopic (exact) mass is 254 g/mol. The summed E-state index contributed by atoms with van der Waals surface area (Å²) in [6.07, 6.45) is 0.814. The van der Waals surface area contributed by atoms with E-state index >= 15 is 0 Å². The van der Waals surface area contributed by atoms with Crippen LogP contribution in [-0.4, -0.2) is 21.4 Å². The van der Waals surface area contributed by atoms with Gasteiger partial charge in [-0.2, -0.15) is 0 Å². The van der Waals surface area contributed by atoms with E-state index in [1.807, 2.05) is 0 Å². The van der Waals surface area contributed by atoms with Crippen LogP contribution in [0.2, 0.25) is 0 Å². The maximum Gasteiger partial charge on any atom is 0.238 e. The largest absolute Gasteiger partial charge is 0.359 e. The summed E-state index contributed by atoms with van der Waals surface area (Å²) in [4.78, 5) is 11.5. The molecule has 2 unspecified atom stereocenters. The SMILES string of the molecule is CNC(=O)C1CC1c1ccc(S(N)(=O)=O)cc1. The van der Waals surface area contributed by atoms with Crippen molar-refractivity contribution in [2.24, 2.45) is 11.1 Å². The van der Waals surface area contributed by atoms with Crippen LogP contribution in [0.4, 0.5) is 0 Å². The molecule has 1 aliphatic carbocycles. The molecule has 1 amide bonds. The highest BCUT2D eigenvalue weighted by Crippen LogP contribution is 2.47. The van der Waals surface area contributed by atoms with Crippen molar-refractivity contribution in [3.8, 4) is 0 Å². The molecular formula is C11H14N2O3S. The number of hydrogen-bond donors (Lipinski definition) is 2. The molecule has 0 spiro atoms. The van der Waals surface area contributed by atoms with E-state index in [2.05, 4.69) is 5.32 Å². The lowest BCUT2D eigenvalue weighted by Gasteiger charge is -2.02. The van der Waals surface area contributed by atoms with Gasteiger partial charge >= 0.3 is 0 Å². The van der Waals surface area contributed by atoms with Crippen LogP contribution in [0, 0.1) is 5.92 Å². The molecule has 1 fully saturated rings. The molecule has 0 aromatic heterocycles. The normalized spacial score (nSPS) is 23.2. The first-order valence-electron chi connectivity index (χ1n) is 5.28. The third-order valence-corrected chi connectivity index (χ3v) is 3.94. The summed E-state index contributed by atoms with van der Waals surface area (Å²) in [5.41, 5.74) is 0.978. The lowest BCUT2D eigenvalue weighted by atomic mass is 10.1.